The lowest BCUT2D eigenvalue weighted by Gasteiger charge is -2.30. The second-order valence-electron chi connectivity index (χ2n) is 6.18. The van der Waals surface area contributed by atoms with Gasteiger partial charge in [0.25, 0.3) is 22.2 Å². The first-order chi connectivity index (χ1) is 13.2. The molecule has 1 N–H and O–H groups in total. The number of hydrogen-bond acceptors (Lipinski definition) is 4. The van der Waals surface area contributed by atoms with Crippen LogP contribution in [0.15, 0.2) is 23.2 Å². The van der Waals surface area contributed by atoms with E-state index in [1.165, 1.54) is 0 Å². The molecule has 1 aromatic heterocycles. The fourth-order valence-electron chi connectivity index (χ4n) is 2.91. The molecule has 160 valence electrons. The molecule has 0 bridgehead atoms. The molecule has 5 nitrogen and oxygen atoms in total. The van der Waals surface area contributed by atoms with E-state index >= 15 is 0 Å². The topological polar surface area (TPSA) is 72.2 Å². The number of fused-ring (bicyclic) bond motifs is 1. The van der Waals surface area contributed by atoms with Crippen LogP contribution in [0.1, 0.15) is 30.2 Å². The van der Waals surface area contributed by atoms with Crippen molar-refractivity contribution >= 4 is 9.84 Å². The molecule has 0 amide bonds. The fourth-order valence-corrected chi connectivity index (χ4v) is 3.83. The van der Waals surface area contributed by atoms with Gasteiger partial charge < -0.3 is 9.67 Å². The zero-order valence-corrected chi connectivity index (χ0v) is 14.7. The standard InChI is InChI=1S/C15H10F8N2O3S/c16-8-2-1-6(5-7(8)11(17)18)12-24-13(29(27,28)15(21,22)23)9-10(26)14(19,20)3-4-25(9)12/h1-2,5,10-11,26H,3-4H2. The van der Waals surface area contributed by atoms with Crippen molar-refractivity contribution in [2.24, 2.45) is 0 Å². The molecule has 0 aliphatic carbocycles. The molecule has 14 heteroatoms. The number of benzene rings is 1. The Labute approximate surface area is 157 Å². The first-order valence-corrected chi connectivity index (χ1v) is 9.22. The Balaban J connectivity index is 2.33. The SMILES string of the molecule is O=S(=O)(c1nc(-c2ccc(F)c(C(F)F)c2)n2c1C(O)C(F)(F)CC2)C(F)(F)F. The smallest absolute Gasteiger partial charge is 0.380 e. The highest BCUT2D eigenvalue weighted by molar-refractivity contribution is 7.92. The molecule has 2 aromatic rings. The highest BCUT2D eigenvalue weighted by atomic mass is 32.2. The fraction of sp³-hybridized carbons (Fsp3) is 0.400. The lowest BCUT2D eigenvalue weighted by atomic mass is 10.0. The van der Waals surface area contributed by atoms with E-state index in [2.05, 4.69) is 4.98 Å². The van der Waals surface area contributed by atoms with Crippen LogP contribution in [0.3, 0.4) is 0 Å². The van der Waals surface area contributed by atoms with Crippen molar-refractivity contribution < 1.29 is 48.6 Å². The molecule has 0 spiro atoms. The van der Waals surface area contributed by atoms with E-state index in [9.17, 15) is 48.6 Å². The molecule has 0 saturated carbocycles. The van der Waals surface area contributed by atoms with E-state index in [-0.39, 0.29) is 0 Å². The number of alkyl halides is 7. The minimum absolute atomic E-state index is 0.441. The Morgan fingerprint density at radius 2 is 1.86 bits per heavy atom. The van der Waals surface area contributed by atoms with E-state index in [0.717, 1.165) is 6.07 Å². The Morgan fingerprint density at radius 1 is 1.24 bits per heavy atom. The average molecular weight is 450 g/mol. The van der Waals surface area contributed by atoms with Crippen molar-refractivity contribution in [3.63, 3.8) is 0 Å². The van der Waals surface area contributed by atoms with Gasteiger partial charge in [0.1, 0.15) is 11.6 Å². The quantitative estimate of drug-likeness (QED) is 0.718. The van der Waals surface area contributed by atoms with Crippen LogP contribution in [0.4, 0.5) is 35.1 Å². The van der Waals surface area contributed by atoms with Gasteiger partial charge in [-0.05, 0) is 18.2 Å². The summed E-state index contributed by atoms with van der Waals surface area (Å²) in [5.41, 5.74) is -8.84. The Bertz CT molecular complexity index is 1060. The van der Waals surface area contributed by atoms with Crippen molar-refractivity contribution in [3.05, 3.63) is 35.3 Å². The Hall–Kier alpha value is -2.22. The normalized spacial score (nSPS) is 19.4. The first kappa shape index (κ1) is 21.5. The average Bonchev–Trinajstić information content (AvgIpc) is 2.98. The highest BCUT2D eigenvalue weighted by Gasteiger charge is 2.55. The Morgan fingerprint density at radius 3 is 2.41 bits per heavy atom. The van der Waals surface area contributed by atoms with Crippen LogP contribution >= 0.6 is 0 Å². The van der Waals surface area contributed by atoms with Crippen molar-refractivity contribution in [2.45, 2.75) is 42.0 Å². The zero-order chi connectivity index (χ0) is 21.9. The summed E-state index contributed by atoms with van der Waals surface area (Å²) in [6.07, 6.45) is -7.35. The summed E-state index contributed by atoms with van der Waals surface area (Å²) in [5, 5.41) is 7.96. The molecule has 0 fully saturated rings. The monoisotopic (exact) mass is 450 g/mol. The molecule has 1 aromatic carbocycles. The number of aromatic nitrogens is 2. The van der Waals surface area contributed by atoms with Gasteiger partial charge in [-0.15, -0.1) is 0 Å². The summed E-state index contributed by atoms with van der Waals surface area (Å²) in [6.45, 7) is -0.767. The van der Waals surface area contributed by atoms with Crippen molar-refractivity contribution in [3.8, 4) is 11.4 Å². The van der Waals surface area contributed by atoms with Crippen LogP contribution in [-0.2, 0) is 16.4 Å². The van der Waals surface area contributed by atoms with Crippen LogP contribution in [0, 0.1) is 5.82 Å². The van der Waals surface area contributed by atoms with Crippen molar-refractivity contribution in [2.75, 3.05) is 0 Å². The molecule has 1 aliphatic rings. The number of rotatable bonds is 3. The number of imidazole rings is 1. The van der Waals surface area contributed by atoms with Gasteiger partial charge in [0.15, 0.2) is 11.1 Å². The summed E-state index contributed by atoms with van der Waals surface area (Å²) < 4.78 is 130. The molecular formula is C15H10F8N2O3S. The van der Waals surface area contributed by atoms with Crippen LogP contribution in [0.5, 0.6) is 0 Å². The third-order valence-corrected chi connectivity index (χ3v) is 5.77. The summed E-state index contributed by atoms with van der Waals surface area (Å²) >= 11 is 0. The summed E-state index contributed by atoms with van der Waals surface area (Å²) in [5.74, 6) is -6.01. The Kier molecular flexibility index (Phi) is 4.93. The number of hydrogen-bond donors (Lipinski definition) is 1. The van der Waals surface area contributed by atoms with Gasteiger partial charge in [-0.1, -0.05) is 0 Å². The maximum Gasteiger partial charge on any atom is 0.503 e. The second kappa shape index (κ2) is 6.65. The van der Waals surface area contributed by atoms with Crippen molar-refractivity contribution in [1.29, 1.82) is 0 Å². The van der Waals surface area contributed by atoms with Crippen molar-refractivity contribution in [1.82, 2.24) is 9.55 Å². The maximum absolute atomic E-state index is 13.9. The number of aliphatic hydroxyl groups is 1. The lowest BCUT2D eigenvalue weighted by molar-refractivity contribution is -0.132. The molecule has 0 saturated heterocycles. The predicted molar refractivity (Wildman–Crippen MR) is 80.3 cm³/mol. The van der Waals surface area contributed by atoms with Crippen LogP contribution < -0.4 is 0 Å². The van der Waals surface area contributed by atoms with E-state index in [4.69, 9.17) is 0 Å². The van der Waals surface area contributed by atoms with E-state index in [1.807, 2.05) is 0 Å². The van der Waals surface area contributed by atoms with E-state index in [0.29, 0.717) is 16.7 Å². The predicted octanol–water partition coefficient (Wildman–Crippen LogP) is 3.99. The number of nitrogens with zero attached hydrogens (tertiary/aromatic N) is 2. The first-order valence-electron chi connectivity index (χ1n) is 7.74. The van der Waals surface area contributed by atoms with Gasteiger partial charge in [-0.3, -0.25) is 0 Å². The summed E-state index contributed by atoms with van der Waals surface area (Å²) in [4.78, 5) is 3.24. The highest BCUT2D eigenvalue weighted by Crippen LogP contribution is 2.45. The zero-order valence-electron chi connectivity index (χ0n) is 13.9. The van der Waals surface area contributed by atoms with Gasteiger partial charge in [-0.2, -0.15) is 13.2 Å². The number of sulfone groups is 1. The third kappa shape index (κ3) is 3.37. The minimum atomic E-state index is -6.27. The van der Waals surface area contributed by atoms with Gasteiger partial charge in [0.05, 0.1) is 11.3 Å². The van der Waals surface area contributed by atoms with E-state index < -0.39 is 80.3 Å². The van der Waals surface area contributed by atoms with Gasteiger partial charge >= 0.3 is 5.51 Å². The molecule has 29 heavy (non-hydrogen) atoms. The molecular weight excluding hydrogens is 440 g/mol. The number of aliphatic hydroxyl groups excluding tert-OH is 1. The molecule has 1 aliphatic heterocycles. The molecule has 2 heterocycles. The molecule has 1 atom stereocenters. The summed E-state index contributed by atoms with van der Waals surface area (Å²) in [7, 11) is -6.27. The van der Waals surface area contributed by atoms with Gasteiger partial charge in [0.2, 0.25) is 0 Å². The lowest BCUT2D eigenvalue weighted by Crippen LogP contribution is -2.36. The largest absolute Gasteiger partial charge is 0.503 e. The van der Waals surface area contributed by atoms with Crippen LogP contribution in [0.2, 0.25) is 0 Å². The van der Waals surface area contributed by atoms with Gasteiger partial charge in [-0.25, -0.2) is 35.4 Å². The maximum atomic E-state index is 13.9. The van der Waals surface area contributed by atoms with Crippen LogP contribution in [-0.4, -0.2) is 34.5 Å². The number of halogens is 8. The van der Waals surface area contributed by atoms with E-state index in [1.54, 1.807) is 0 Å². The molecule has 0 radical (unpaired) electrons. The molecule has 3 rings (SSSR count). The molecule has 1 unspecified atom stereocenters. The van der Waals surface area contributed by atoms with Gasteiger partial charge in [0, 0.05) is 18.5 Å². The third-order valence-electron chi connectivity index (χ3n) is 4.35. The van der Waals surface area contributed by atoms with Crippen LogP contribution in [0.25, 0.3) is 11.4 Å². The second-order valence-corrected chi connectivity index (χ2v) is 8.03. The summed E-state index contributed by atoms with van der Waals surface area (Å²) in [6, 6.07) is 1.88. The minimum Gasteiger partial charge on any atom is -0.380 e.